The van der Waals surface area contributed by atoms with E-state index in [9.17, 15) is 4.39 Å². The standard InChI is InChI=1S/C20H19FN6O2/c1-28-17-6-4-13(20(27-17)29-2)8-23-16-5-3-12(18(21)26-16)7-14-9-24-19-15(14)10-22-11-25-19/h3-6,9-11H,7-8H2,1-2H3,(H,23,26)(H,22,24,25). The van der Waals surface area contributed by atoms with Crippen molar-refractivity contribution >= 4 is 16.9 Å². The van der Waals surface area contributed by atoms with Gasteiger partial charge in [-0.05, 0) is 17.7 Å². The van der Waals surface area contributed by atoms with Gasteiger partial charge < -0.3 is 19.8 Å². The molecule has 0 bridgehead atoms. The average molecular weight is 394 g/mol. The summed E-state index contributed by atoms with van der Waals surface area (Å²) in [5.74, 6) is 0.796. The van der Waals surface area contributed by atoms with Crippen molar-refractivity contribution in [3.8, 4) is 11.8 Å². The fourth-order valence-corrected chi connectivity index (χ4v) is 3.02. The molecule has 0 saturated heterocycles. The third kappa shape index (κ3) is 3.93. The van der Waals surface area contributed by atoms with Crippen LogP contribution in [-0.2, 0) is 13.0 Å². The van der Waals surface area contributed by atoms with E-state index in [4.69, 9.17) is 9.47 Å². The maximum atomic E-state index is 14.6. The Bertz CT molecular complexity index is 1150. The van der Waals surface area contributed by atoms with Crippen LogP contribution in [0.25, 0.3) is 11.0 Å². The lowest BCUT2D eigenvalue weighted by molar-refractivity contribution is 0.361. The third-order valence-corrected chi connectivity index (χ3v) is 4.52. The Morgan fingerprint density at radius 1 is 1.03 bits per heavy atom. The number of aromatic amines is 1. The first-order valence-electron chi connectivity index (χ1n) is 8.91. The molecule has 148 valence electrons. The Balaban J connectivity index is 1.48. The Hall–Kier alpha value is -3.75. The number of ether oxygens (including phenoxy) is 2. The zero-order valence-corrected chi connectivity index (χ0v) is 15.9. The molecule has 2 N–H and O–H groups in total. The number of aromatic nitrogens is 5. The predicted molar refractivity (Wildman–Crippen MR) is 106 cm³/mol. The Labute approximate surface area is 166 Å². The average Bonchev–Trinajstić information content (AvgIpc) is 3.16. The van der Waals surface area contributed by atoms with Crippen molar-refractivity contribution in [3.05, 3.63) is 65.6 Å². The zero-order valence-electron chi connectivity index (χ0n) is 15.9. The number of nitrogens with zero attached hydrogens (tertiary/aromatic N) is 4. The molecule has 4 aromatic heterocycles. The van der Waals surface area contributed by atoms with Crippen molar-refractivity contribution in [2.45, 2.75) is 13.0 Å². The SMILES string of the molecule is COc1ccc(CNc2ccc(Cc3c[nH]c4ncncc34)c(F)n2)c(OC)n1. The maximum Gasteiger partial charge on any atom is 0.221 e. The molecule has 0 saturated carbocycles. The van der Waals surface area contributed by atoms with Crippen LogP contribution in [0.15, 0.2) is 43.0 Å². The molecule has 0 unspecified atom stereocenters. The summed E-state index contributed by atoms with van der Waals surface area (Å²) in [6.45, 7) is 0.381. The topological polar surface area (TPSA) is 97.8 Å². The number of halogens is 1. The van der Waals surface area contributed by atoms with Gasteiger partial charge in [0.15, 0.2) is 0 Å². The maximum absolute atomic E-state index is 14.6. The van der Waals surface area contributed by atoms with Gasteiger partial charge in [-0.2, -0.15) is 9.37 Å². The second kappa shape index (κ2) is 8.09. The molecule has 29 heavy (non-hydrogen) atoms. The minimum absolute atomic E-state index is 0.381. The smallest absolute Gasteiger partial charge is 0.221 e. The van der Waals surface area contributed by atoms with Gasteiger partial charge in [0.05, 0.1) is 14.2 Å². The number of pyridine rings is 2. The molecule has 0 aliphatic heterocycles. The van der Waals surface area contributed by atoms with Gasteiger partial charge in [0.2, 0.25) is 17.7 Å². The summed E-state index contributed by atoms with van der Waals surface area (Å²) in [5, 5.41) is 3.96. The highest BCUT2D eigenvalue weighted by Gasteiger charge is 2.12. The van der Waals surface area contributed by atoms with E-state index in [-0.39, 0.29) is 0 Å². The number of rotatable bonds is 7. The van der Waals surface area contributed by atoms with Gasteiger partial charge in [-0.3, -0.25) is 0 Å². The molecule has 0 atom stereocenters. The molecular formula is C20H19FN6O2. The van der Waals surface area contributed by atoms with Crippen LogP contribution in [0.1, 0.15) is 16.7 Å². The number of H-pyrrole nitrogens is 1. The van der Waals surface area contributed by atoms with Gasteiger partial charge in [-0.1, -0.05) is 6.07 Å². The van der Waals surface area contributed by atoms with Gasteiger partial charge in [0, 0.05) is 47.9 Å². The fourth-order valence-electron chi connectivity index (χ4n) is 3.02. The Kier molecular flexibility index (Phi) is 5.19. The van der Waals surface area contributed by atoms with Gasteiger partial charge in [-0.15, -0.1) is 0 Å². The second-order valence-electron chi connectivity index (χ2n) is 6.30. The van der Waals surface area contributed by atoms with Crippen molar-refractivity contribution in [2.75, 3.05) is 19.5 Å². The van der Waals surface area contributed by atoms with E-state index in [0.717, 1.165) is 22.2 Å². The number of nitrogens with one attached hydrogen (secondary N) is 2. The van der Waals surface area contributed by atoms with E-state index in [2.05, 4.69) is 30.2 Å². The van der Waals surface area contributed by atoms with Gasteiger partial charge >= 0.3 is 0 Å². The van der Waals surface area contributed by atoms with Crippen LogP contribution in [0, 0.1) is 5.95 Å². The lowest BCUT2D eigenvalue weighted by Crippen LogP contribution is -2.06. The van der Waals surface area contributed by atoms with Crippen molar-refractivity contribution in [2.24, 2.45) is 0 Å². The Morgan fingerprint density at radius 2 is 1.90 bits per heavy atom. The summed E-state index contributed by atoms with van der Waals surface area (Å²) < 4.78 is 24.9. The van der Waals surface area contributed by atoms with Crippen molar-refractivity contribution < 1.29 is 13.9 Å². The monoisotopic (exact) mass is 394 g/mol. The summed E-state index contributed by atoms with van der Waals surface area (Å²) >= 11 is 0. The van der Waals surface area contributed by atoms with Crippen LogP contribution >= 0.6 is 0 Å². The molecule has 4 heterocycles. The molecule has 0 aromatic carbocycles. The molecule has 4 rings (SSSR count). The van der Waals surface area contributed by atoms with Crippen LogP contribution in [0.3, 0.4) is 0 Å². The Morgan fingerprint density at radius 3 is 2.69 bits per heavy atom. The van der Waals surface area contributed by atoms with Crippen LogP contribution in [0.4, 0.5) is 10.2 Å². The quantitative estimate of drug-likeness (QED) is 0.465. The van der Waals surface area contributed by atoms with Crippen molar-refractivity contribution in [1.29, 1.82) is 0 Å². The summed E-state index contributed by atoms with van der Waals surface area (Å²) in [4.78, 5) is 19.5. The molecule has 8 nitrogen and oxygen atoms in total. The summed E-state index contributed by atoms with van der Waals surface area (Å²) in [6.07, 6.45) is 5.39. The second-order valence-corrected chi connectivity index (χ2v) is 6.30. The van der Waals surface area contributed by atoms with E-state index in [1.807, 2.05) is 12.3 Å². The number of anilines is 1. The summed E-state index contributed by atoms with van der Waals surface area (Å²) in [7, 11) is 3.07. The molecule has 0 aliphatic carbocycles. The van der Waals surface area contributed by atoms with Gasteiger partial charge in [0.25, 0.3) is 0 Å². The number of hydrogen-bond acceptors (Lipinski definition) is 7. The van der Waals surface area contributed by atoms with Crippen molar-refractivity contribution in [3.63, 3.8) is 0 Å². The highest BCUT2D eigenvalue weighted by molar-refractivity contribution is 5.78. The van der Waals surface area contributed by atoms with Crippen LogP contribution in [0.2, 0.25) is 0 Å². The highest BCUT2D eigenvalue weighted by Crippen LogP contribution is 2.22. The first-order chi connectivity index (χ1) is 14.2. The summed E-state index contributed by atoms with van der Waals surface area (Å²) in [5.41, 5.74) is 2.93. The van der Waals surface area contributed by atoms with Gasteiger partial charge in [0.1, 0.15) is 17.8 Å². The lowest BCUT2D eigenvalue weighted by Gasteiger charge is -2.11. The van der Waals surface area contributed by atoms with Gasteiger partial charge in [-0.25, -0.2) is 15.0 Å². The predicted octanol–water partition coefficient (Wildman–Crippen LogP) is 3.11. The molecule has 4 aromatic rings. The molecule has 0 amide bonds. The van der Waals surface area contributed by atoms with E-state index in [0.29, 0.717) is 36.1 Å². The third-order valence-electron chi connectivity index (χ3n) is 4.52. The number of fused-ring (bicyclic) bond motifs is 1. The van der Waals surface area contributed by atoms with E-state index in [1.165, 1.54) is 20.5 Å². The minimum atomic E-state index is -0.527. The van der Waals surface area contributed by atoms with E-state index < -0.39 is 5.95 Å². The molecule has 0 spiro atoms. The molecule has 0 radical (unpaired) electrons. The van der Waals surface area contributed by atoms with E-state index >= 15 is 0 Å². The van der Waals surface area contributed by atoms with Crippen LogP contribution < -0.4 is 14.8 Å². The highest BCUT2D eigenvalue weighted by atomic mass is 19.1. The molecular weight excluding hydrogens is 375 g/mol. The van der Waals surface area contributed by atoms with Crippen molar-refractivity contribution in [1.82, 2.24) is 24.9 Å². The lowest BCUT2D eigenvalue weighted by atomic mass is 10.1. The largest absolute Gasteiger partial charge is 0.481 e. The fraction of sp³-hybridized carbons (Fsp3) is 0.200. The number of methoxy groups -OCH3 is 2. The number of hydrogen-bond donors (Lipinski definition) is 2. The molecule has 0 fully saturated rings. The molecule has 0 aliphatic rings. The molecule has 9 heteroatoms. The normalized spacial score (nSPS) is 10.9. The minimum Gasteiger partial charge on any atom is -0.481 e. The zero-order chi connectivity index (χ0) is 20.2. The first-order valence-corrected chi connectivity index (χ1v) is 8.91. The van der Waals surface area contributed by atoms with Crippen LogP contribution in [0.5, 0.6) is 11.8 Å². The van der Waals surface area contributed by atoms with Crippen LogP contribution in [-0.4, -0.2) is 39.1 Å². The first kappa shape index (κ1) is 18.6. The summed E-state index contributed by atoms with van der Waals surface area (Å²) in [6, 6.07) is 7.03. The van der Waals surface area contributed by atoms with E-state index in [1.54, 1.807) is 24.4 Å².